The highest BCUT2D eigenvalue weighted by molar-refractivity contribution is 5.90. The summed E-state index contributed by atoms with van der Waals surface area (Å²) in [6.07, 6.45) is 3.17. The standard InChI is InChI=1S/C20H25F/c1-6-7-8-14(4)16-11-18-17(19(21)12-16)10-9-15(5)20(18)13(2)3/h9-13H,4,6-8H2,1-3,5H3. The molecule has 0 aliphatic heterocycles. The van der Waals surface area contributed by atoms with Crippen LogP contribution in [0.25, 0.3) is 16.3 Å². The monoisotopic (exact) mass is 284 g/mol. The fourth-order valence-corrected chi connectivity index (χ4v) is 3.03. The third-order valence-corrected chi connectivity index (χ3v) is 4.16. The number of rotatable bonds is 5. The van der Waals surface area contributed by atoms with Gasteiger partial charge in [-0.25, -0.2) is 4.39 Å². The van der Waals surface area contributed by atoms with E-state index in [2.05, 4.69) is 40.3 Å². The number of hydrogen-bond donors (Lipinski definition) is 0. The molecule has 0 radical (unpaired) electrons. The lowest BCUT2D eigenvalue weighted by atomic mass is 9.89. The van der Waals surface area contributed by atoms with Gasteiger partial charge in [0.15, 0.2) is 0 Å². The molecule has 2 rings (SSSR count). The van der Waals surface area contributed by atoms with E-state index in [0.717, 1.165) is 41.2 Å². The third-order valence-electron chi connectivity index (χ3n) is 4.16. The highest BCUT2D eigenvalue weighted by Crippen LogP contribution is 2.33. The maximum absolute atomic E-state index is 14.5. The third kappa shape index (κ3) is 3.18. The Balaban J connectivity index is 2.62. The van der Waals surface area contributed by atoms with Gasteiger partial charge in [0.1, 0.15) is 5.82 Å². The van der Waals surface area contributed by atoms with Crippen LogP contribution in [0.3, 0.4) is 0 Å². The first kappa shape index (κ1) is 15.8. The van der Waals surface area contributed by atoms with Gasteiger partial charge in [0.05, 0.1) is 0 Å². The Morgan fingerprint density at radius 1 is 1.19 bits per heavy atom. The summed E-state index contributed by atoms with van der Waals surface area (Å²) in [5.41, 5.74) is 4.46. The van der Waals surface area contributed by atoms with Crippen LogP contribution < -0.4 is 0 Å². The van der Waals surface area contributed by atoms with E-state index in [-0.39, 0.29) is 5.82 Å². The summed E-state index contributed by atoms with van der Waals surface area (Å²) >= 11 is 0. The lowest BCUT2D eigenvalue weighted by molar-refractivity contribution is 0.639. The largest absolute Gasteiger partial charge is 0.206 e. The predicted octanol–water partition coefficient (Wildman–Crippen LogP) is 6.61. The fraction of sp³-hybridized carbons (Fsp3) is 0.400. The molecular formula is C20H25F. The molecule has 0 aliphatic rings. The average molecular weight is 284 g/mol. The van der Waals surface area contributed by atoms with Crippen molar-refractivity contribution in [3.05, 3.63) is 53.4 Å². The Labute approximate surface area is 127 Å². The molecule has 21 heavy (non-hydrogen) atoms. The molecule has 1 heteroatoms. The van der Waals surface area contributed by atoms with Gasteiger partial charge in [-0.3, -0.25) is 0 Å². The van der Waals surface area contributed by atoms with Crippen molar-refractivity contribution in [2.45, 2.75) is 52.9 Å². The minimum absolute atomic E-state index is 0.137. The highest BCUT2D eigenvalue weighted by atomic mass is 19.1. The first-order valence-corrected chi connectivity index (χ1v) is 7.86. The number of aryl methyl sites for hydroxylation is 1. The number of halogens is 1. The zero-order valence-corrected chi connectivity index (χ0v) is 13.6. The summed E-state index contributed by atoms with van der Waals surface area (Å²) in [5.74, 6) is 0.245. The Bertz CT molecular complexity index is 665. The first-order chi connectivity index (χ1) is 9.95. The summed E-state index contributed by atoms with van der Waals surface area (Å²) in [6, 6.07) is 7.68. The summed E-state index contributed by atoms with van der Waals surface area (Å²) in [7, 11) is 0. The second-order valence-electron chi connectivity index (χ2n) is 6.21. The second kappa shape index (κ2) is 6.43. The molecule has 0 saturated heterocycles. The predicted molar refractivity (Wildman–Crippen MR) is 91.3 cm³/mol. The Hall–Kier alpha value is -1.63. The Kier molecular flexibility index (Phi) is 4.82. The summed E-state index contributed by atoms with van der Waals surface area (Å²) in [5, 5.41) is 1.76. The van der Waals surface area contributed by atoms with Crippen molar-refractivity contribution in [1.29, 1.82) is 0 Å². The van der Waals surface area contributed by atoms with Crippen LogP contribution in [0.4, 0.5) is 4.39 Å². The van der Waals surface area contributed by atoms with Crippen LogP contribution in [0.15, 0.2) is 30.8 Å². The summed E-state index contributed by atoms with van der Waals surface area (Å²) < 4.78 is 14.5. The maximum atomic E-state index is 14.5. The van der Waals surface area contributed by atoms with Crippen molar-refractivity contribution >= 4 is 16.3 Å². The van der Waals surface area contributed by atoms with Gasteiger partial charge in [0.25, 0.3) is 0 Å². The molecule has 0 saturated carbocycles. The van der Waals surface area contributed by atoms with Crippen molar-refractivity contribution in [2.24, 2.45) is 0 Å². The van der Waals surface area contributed by atoms with Crippen molar-refractivity contribution < 1.29 is 4.39 Å². The molecule has 0 aromatic heterocycles. The lowest BCUT2D eigenvalue weighted by Crippen LogP contribution is -1.97. The molecule has 0 atom stereocenters. The van der Waals surface area contributed by atoms with Gasteiger partial charge in [-0.2, -0.15) is 0 Å². The number of fused-ring (bicyclic) bond motifs is 1. The van der Waals surface area contributed by atoms with Crippen LogP contribution in [0.2, 0.25) is 0 Å². The Morgan fingerprint density at radius 3 is 2.52 bits per heavy atom. The molecule has 0 N–H and O–H groups in total. The molecule has 0 aliphatic carbocycles. The molecule has 0 heterocycles. The van der Waals surface area contributed by atoms with E-state index in [0.29, 0.717) is 5.92 Å². The highest BCUT2D eigenvalue weighted by Gasteiger charge is 2.13. The van der Waals surface area contributed by atoms with Crippen LogP contribution in [0.1, 0.15) is 62.6 Å². The van der Waals surface area contributed by atoms with Crippen LogP contribution in [-0.4, -0.2) is 0 Å². The van der Waals surface area contributed by atoms with E-state index < -0.39 is 0 Å². The van der Waals surface area contributed by atoms with Gasteiger partial charge in [0, 0.05) is 5.39 Å². The van der Waals surface area contributed by atoms with E-state index in [1.54, 1.807) is 6.07 Å². The zero-order chi connectivity index (χ0) is 15.6. The minimum Gasteiger partial charge on any atom is -0.206 e. The van der Waals surface area contributed by atoms with E-state index in [1.807, 2.05) is 12.1 Å². The quantitative estimate of drug-likeness (QED) is 0.579. The molecule has 0 amide bonds. The summed E-state index contributed by atoms with van der Waals surface area (Å²) in [4.78, 5) is 0. The van der Waals surface area contributed by atoms with Crippen LogP contribution in [0.5, 0.6) is 0 Å². The summed E-state index contributed by atoms with van der Waals surface area (Å²) in [6.45, 7) is 12.7. The minimum atomic E-state index is -0.137. The zero-order valence-electron chi connectivity index (χ0n) is 13.6. The maximum Gasteiger partial charge on any atom is 0.131 e. The molecule has 112 valence electrons. The number of unbranched alkanes of at least 4 members (excludes halogenated alkanes) is 1. The normalized spacial score (nSPS) is 11.3. The van der Waals surface area contributed by atoms with Crippen molar-refractivity contribution in [3.8, 4) is 0 Å². The van der Waals surface area contributed by atoms with Crippen molar-refractivity contribution in [1.82, 2.24) is 0 Å². The molecular weight excluding hydrogens is 259 g/mol. The van der Waals surface area contributed by atoms with Crippen LogP contribution in [-0.2, 0) is 0 Å². The lowest BCUT2D eigenvalue weighted by Gasteiger charge is -2.16. The molecule has 0 nitrogen and oxygen atoms in total. The first-order valence-electron chi connectivity index (χ1n) is 7.86. The SMILES string of the molecule is C=C(CCCC)c1cc(F)c2ccc(C)c(C(C)C)c2c1. The van der Waals surface area contributed by atoms with Gasteiger partial charge in [-0.15, -0.1) is 0 Å². The van der Waals surface area contributed by atoms with E-state index in [1.165, 1.54) is 11.1 Å². The molecule has 0 bridgehead atoms. The fourth-order valence-electron chi connectivity index (χ4n) is 3.03. The van der Waals surface area contributed by atoms with Gasteiger partial charge < -0.3 is 0 Å². The van der Waals surface area contributed by atoms with Gasteiger partial charge >= 0.3 is 0 Å². The van der Waals surface area contributed by atoms with Gasteiger partial charge in [-0.05, 0) is 65.5 Å². The van der Waals surface area contributed by atoms with Gasteiger partial charge in [-0.1, -0.05) is 45.9 Å². The number of hydrogen-bond acceptors (Lipinski definition) is 0. The van der Waals surface area contributed by atoms with E-state index in [4.69, 9.17) is 0 Å². The molecule has 2 aromatic rings. The van der Waals surface area contributed by atoms with E-state index in [9.17, 15) is 4.39 Å². The molecule has 0 unspecified atom stereocenters. The topological polar surface area (TPSA) is 0 Å². The smallest absolute Gasteiger partial charge is 0.131 e. The molecule has 0 fully saturated rings. The van der Waals surface area contributed by atoms with Crippen LogP contribution >= 0.6 is 0 Å². The average Bonchev–Trinajstić information content (AvgIpc) is 2.43. The molecule has 2 aromatic carbocycles. The van der Waals surface area contributed by atoms with Crippen molar-refractivity contribution in [2.75, 3.05) is 0 Å². The Morgan fingerprint density at radius 2 is 1.90 bits per heavy atom. The van der Waals surface area contributed by atoms with Crippen molar-refractivity contribution in [3.63, 3.8) is 0 Å². The van der Waals surface area contributed by atoms with Crippen LogP contribution in [0, 0.1) is 12.7 Å². The van der Waals surface area contributed by atoms with E-state index >= 15 is 0 Å². The van der Waals surface area contributed by atoms with Gasteiger partial charge in [0.2, 0.25) is 0 Å². The molecule has 0 spiro atoms. The number of allylic oxidation sites excluding steroid dienone is 1. The second-order valence-corrected chi connectivity index (χ2v) is 6.21. The number of benzene rings is 2.